The molecule has 112 valence electrons. The summed E-state index contributed by atoms with van der Waals surface area (Å²) in [6.45, 7) is 1.76. The summed E-state index contributed by atoms with van der Waals surface area (Å²) >= 11 is 0. The van der Waals surface area contributed by atoms with Gasteiger partial charge in [0.05, 0.1) is 11.1 Å². The molecule has 1 aliphatic heterocycles. The fourth-order valence-electron chi connectivity index (χ4n) is 2.52. The SMILES string of the molecule is Cc1ccc(S(=O)(=O)O)c(-c2cccc3c2C(=O)NC3=O)c1. The van der Waals surface area contributed by atoms with Crippen molar-refractivity contribution in [2.24, 2.45) is 0 Å². The summed E-state index contributed by atoms with van der Waals surface area (Å²) in [6, 6.07) is 8.95. The standard InChI is InChI=1S/C15H11NO5S/c1-8-5-6-12(22(19,20)21)11(7-8)9-3-2-4-10-13(9)15(18)16-14(10)17/h2-7H,1H3,(H,16,17,18)(H,19,20,21). The summed E-state index contributed by atoms with van der Waals surface area (Å²) in [4.78, 5) is 23.4. The van der Waals surface area contributed by atoms with Crippen molar-refractivity contribution in [2.45, 2.75) is 11.8 Å². The molecule has 22 heavy (non-hydrogen) atoms. The summed E-state index contributed by atoms with van der Waals surface area (Å²) in [5.74, 6) is -1.11. The second-order valence-corrected chi connectivity index (χ2v) is 6.38. The first-order valence-corrected chi connectivity index (χ1v) is 7.80. The van der Waals surface area contributed by atoms with E-state index in [4.69, 9.17) is 0 Å². The summed E-state index contributed by atoms with van der Waals surface area (Å²) in [5.41, 5.74) is 1.53. The molecule has 0 aromatic heterocycles. The molecular weight excluding hydrogens is 306 g/mol. The van der Waals surface area contributed by atoms with Gasteiger partial charge in [-0.05, 0) is 24.6 Å². The zero-order valence-electron chi connectivity index (χ0n) is 11.5. The van der Waals surface area contributed by atoms with Crippen molar-refractivity contribution >= 4 is 21.9 Å². The summed E-state index contributed by atoms with van der Waals surface area (Å²) in [6.07, 6.45) is 0. The minimum absolute atomic E-state index is 0.114. The predicted molar refractivity (Wildman–Crippen MR) is 78.2 cm³/mol. The van der Waals surface area contributed by atoms with Crippen LogP contribution in [-0.2, 0) is 10.1 Å². The number of nitrogens with one attached hydrogen (secondary N) is 1. The molecule has 1 aliphatic rings. The highest BCUT2D eigenvalue weighted by atomic mass is 32.2. The van der Waals surface area contributed by atoms with Gasteiger partial charge in [0, 0.05) is 5.56 Å². The van der Waals surface area contributed by atoms with Gasteiger partial charge in [0.1, 0.15) is 4.90 Å². The van der Waals surface area contributed by atoms with E-state index < -0.39 is 21.9 Å². The number of carbonyl (C=O) groups excluding carboxylic acids is 2. The average Bonchev–Trinajstić information content (AvgIpc) is 2.73. The van der Waals surface area contributed by atoms with Gasteiger partial charge in [-0.3, -0.25) is 19.5 Å². The van der Waals surface area contributed by atoms with Crippen molar-refractivity contribution < 1.29 is 22.6 Å². The molecule has 2 amide bonds. The first kappa shape index (κ1) is 14.4. The van der Waals surface area contributed by atoms with Crippen molar-refractivity contribution in [2.75, 3.05) is 0 Å². The van der Waals surface area contributed by atoms with Gasteiger partial charge in [-0.25, -0.2) is 0 Å². The highest BCUT2D eigenvalue weighted by molar-refractivity contribution is 7.86. The lowest BCUT2D eigenvalue weighted by Gasteiger charge is -2.11. The molecule has 2 N–H and O–H groups in total. The molecule has 0 saturated heterocycles. The van der Waals surface area contributed by atoms with Crippen molar-refractivity contribution in [1.82, 2.24) is 5.32 Å². The first-order valence-electron chi connectivity index (χ1n) is 6.36. The van der Waals surface area contributed by atoms with E-state index >= 15 is 0 Å². The Kier molecular flexibility index (Phi) is 3.12. The third-order valence-electron chi connectivity index (χ3n) is 3.47. The second kappa shape index (κ2) is 4.75. The van der Waals surface area contributed by atoms with Crippen molar-refractivity contribution in [3.63, 3.8) is 0 Å². The maximum Gasteiger partial charge on any atom is 0.295 e. The van der Waals surface area contributed by atoms with Crippen molar-refractivity contribution in [3.05, 3.63) is 53.1 Å². The molecule has 0 spiro atoms. The Hall–Kier alpha value is -2.51. The van der Waals surface area contributed by atoms with E-state index in [1.165, 1.54) is 12.1 Å². The topological polar surface area (TPSA) is 101 Å². The van der Waals surface area contributed by atoms with Crippen LogP contribution < -0.4 is 5.32 Å². The number of hydrogen-bond donors (Lipinski definition) is 2. The molecule has 0 aliphatic carbocycles. The molecule has 0 unspecified atom stereocenters. The third-order valence-corrected chi connectivity index (χ3v) is 4.38. The Morgan fingerprint density at radius 3 is 2.32 bits per heavy atom. The molecular formula is C15H11NO5S. The lowest BCUT2D eigenvalue weighted by molar-refractivity contribution is 0.0880. The Morgan fingerprint density at radius 2 is 1.64 bits per heavy atom. The summed E-state index contributed by atoms with van der Waals surface area (Å²) in [7, 11) is -4.46. The zero-order chi connectivity index (χ0) is 16.1. The molecule has 0 fully saturated rings. The number of hydrogen-bond acceptors (Lipinski definition) is 4. The maximum absolute atomic E-state index is 12.0. The van der Waals surface area contributed by atoms with Gasteiger partial charge in [-0.1, -0.05) is 29.8 Å². The largest absolute Gasteiger partial charge is 0.295 e. The van der Waals surface area contributed by atoms with Crippen LogP contribution in [0.1, 0.15) is 26.3 Å². The smallest absolute Gasteiger partial charge is 0.288 e. The Labute approximate surface area is 126 Å². The number of carbonyl (C=O) groups is 2. The lowest BCUT2D eigenvalue weighted by Crippen LogP contribution is -2.20. The summed E-state index contributed by atoms with van der Waals surface area (Å²) < 4.78 is 32.5. The third kappa shape index (κ3) is 2.20. The van der Waals surface area contributed by atoms with Gasteiger partial charge < -0.3 is 0 Å². The van der Waals surface area contributed by atoms with Crippen LogP contribution in [-0.4, -0.2) is 24.8 Å². The molecule has 2 aromatic carbocycles. The molecule has 1 heterocycles. The quantitative estimate of drug-likeness (QED) is 0.649. The normalized spacial score (nSPS) is 13.9. The molecule has 3 rings (SSSR count). The number of imide groups is 1. The molecule has 0 bridgehead atoms. The van der Waals surface area contributed by atoms with E-state index in [1.54, 1.807) is 31.2 Å². The van der Waals surface area contributed by atoms with E-state index in [0.29, 0.717) is 0 Å². The number of amides is 2. The maximum atomic E-state index is 12.0. The Morgan fingerprint density at radius 1 is 0.955 bits per heavy atom. The van der Waals surface area contributed by atoms with Gasteiger partial charge in [-0.15, -0.1) is 0 Å². The molecule has 2 aromatic rings. The van der Waals surface area contributed by atoms with Crippen LogP contribution in [0.3, 0.4) is 0 Å². The van der Waals surface area contributed by atoms with Gasteiger partial charge >= 0.3 is 0 Å². The average molecular weight is 317 g/mol. The first-order chi connectivity index (χ1) is 10.3. The van der Waals surface area contributed by atoms with Crippen molar-refractivity contribution in [1.29, 1.82) is 0 Å². The fraction of sp³-hybridized carbons (Fsp3) is 0.0667. The van der Waals surface area contributed by atoms with Crippen molar-refractivity contribution in [3.8, 4) is 11.1 Å². The van der Waals surface area contributed by atoms with E-state index in [0.717, 1.165) is 5.56 Å². The van der Waals surface area contributed by atoms with Gasteiger partial charge in [-0.2, -0.15) is 8.42 Å². The van der Waals surface area contributed by atoms with Crippen LogP contribution in [0.5, 0.6) is 0 Å². The lowest BCUT2D eigenvalue weighted by atomic mass is 9.95. The van der Waals surface area contributed by atoms with Crippen LogP contribution in [0.2, 0.25) is 0 Å². The van der Waals surface area contributed by atoms with Crippen LogP contribution in [0.4, 0.5) is 0 Å². The van der Waals surface area contributed by atoms with Crippen LogP contribution in [0.25, 0.3) is 11.1 Å². The van der Waals surface area contributed by atoms with Gasteiger partial charge in [0.25, 0.3) is 21.9 Å². The van der Waals surface area contributed by atoms with Crippen LogP contribution in [0, 0.1) is 6.92 Å². The molecule has 7 heteroatoms. The molecule has 6 nitrogen and oxygen atoms in total. The van der Waals surface area contributed by atoms with E-state index in [2.05, 4.69) is 5.32 Å². The predicted octanol–water partition coefficient (Wildman–Crippen LogP) is 1.79. The van der Waals surface area contributed by atoms with Gasteiger partial charge in [0.2, 0.25) is 0 Å². The minimum atomic E-state index is -4.46. The highest BCUT2D eigenvalue weighted by Crippen LogP contribution is 2.34. The fourth-order valence-corrected chi connectivity index (χ4v) is 3.21. The van der Waals surface area contributed by atoms with Crippen LogP contribution >= 0.6 is 0 Å². The molecule has 0 radical (unpaired) electrons. The second-order valence-electron chi connectivity index (χ2n) is 4.99. The Bertz CT molecular complexity index is 931. The molecule has 0 atom stereocenters. The van der Waals surface area contributed by atoms with E-state index in [-0.39, 0.29) is 27.1 Å². The number of rotatable bonds is 2. The zero-order valence-corrected chi connectivity index (χ0v) is 12.3. The van der Waals surface area contributed by atoms with E-state index in [1.807, 2.05) is 0 Å². The van der Waals surface area contributed by atoms with E-state index in [9.17, 15) is 22.6 Å². The highest BCUT2D eigenvalue weighted by Gasteiger charge is 2.31. The number of fused-ring (bicyclic) bond motifs is 1. The number of benzene rings is 2. The van der Waals surface area contributed by atoms with Crippen LogP contribution in [0.15, 0.2) is 41.3 Å². The summed E-state index contributed by atoms with van der Waals surface area (Å²) in [5, 5.41) is 2.18. The monoisotopic (exact) mass is 317 g/mol. The van der Waals surface area contributed by atoms with Gasteiger partial charge in [0.15, 0.2) is 0 Å². The minimum Gasteiger partial charge on any atom is -0.288 e. The Balaban J connectivity index is 2.38. The molecule has 0 saturated carbocycles. The number of aryl methyl sites for hydroxylation is 1.